The van der Waals surface area contributed by atoms with E-state index in [2.05, 4.69) is 5.32 Å². The molecule has 0 aromatic carbocycles. The fraction of sp³-hybridized carbons (Fsp3) is 0.562. The molecular formula is C16H21NO4S. The van der Waals surface area contributed by atoms with Gasteiger partial charge in [-0.2, -0.15) is 0 Å². The maximum Gasteiger partial charge on any atom is 0.326 e. The van der Waals surface area contributed by atoms with Crippen molar-refractivity contribution in [2.45, 2.75) is 52.0 Å². The molecule has 1 aliphatic carbocycles. The van der Waals surface area contributed by atoms with Crippen LogP contribution < -0.4 is 5.32 Å². The highest BCUT2D eigenvalue weighted by Crippen LogP contribution is 2.33. The number of hydrogen-bond donors (Lipinski definition) is 2. The molecule has 22 heavy (non-hydrogen) atoms. The first-order valence-corrected chi connectivity index (χ1v) is 8.31. The minimum atomic E-state index is -1.00. The van der Waals surface area contributed by atoms with Crippen molar-refractivity contribution in [1.82, 2.24) is 5.32 Å². The summed E-state index contributed by atoms with van der Waals surface area (Å²) in [5.74, 6) is -1.02. The summed E-state index contributed by atoms with van der Waals surface area (Å²) in [6, 6.07) is 1.01. The van der Waals surface area contributed by atoms with Crippen LogP contribution in [0.15, 0.2) is 6.07 Å². The van der Waals surface area contributed by atoms with Crippen LogP contribution in [0.3, 0.4) is 0 Å². The minimum Gasteiger partial charge on any atom is -0.480 e. The van der Waals surface area contributed by atoms with E-state index < -0.39 is 12.0 Å². The summed E-state index contributed by atoms with van der Waals surface area (Å²) >= 11 is 1.56. The van der Waals surface area contributed by atoms with Crippen molar-refractivity contribution in [2.24, 2.45) is 5.92 Å². The molecule has 0 spiro atoms. The first-order valence-electron chi connectivity index (χ1n) is 7.49. The lowest BCUT2D eigenvalue weighted by Gasteiger charge is -2.13. The van der Waals surface area contributed by atoms with E-state index in [9.17, 15) is 14.4 Å². The first-order chi connectivity index (χ1) is 10.4. The Hall–Kier alpha value is -1.69. The van der Waals surface area contributed by atoms with Gasteiger partial charge in [0, 0.05) is 28.2 Å². The average Bonchev–Trinajstić information content (AvgIpc) is 3.19. The first kappa shape index (κ1) is 16.7. The van der Waals surface area contributed by atoms with E-state index in [-0.39, 0.29) is 24.5 Å². The zero-order valence-electron chi connectivity index (χ0n) is 12.8. The van der Waals surface area contributed by atoms with Gasteiger partial charge >= 0.3 is 5.97 Å². The quantitative estimate of drug-likeness (QED) is 0.721. The zero-order chi connectivity index (χ0) is 16.3. The fourth-order valence-corrected chi connectivity index (χ4v) is 3.39. The van der Waals surface area contributed by atoms with Gasteiger partial charge in [-0.15, -0.1) is 11.3 Å². The van der Waals surface area contributed by atoms with E-state index >= 15 is 0 Å². The summed E-state index contributed by atoms with van der Waals surface area (Å²) in [7, 11) is 0. The highest BCUT2D eigenvalue weighted by Gasteiger charge is 2.30. The third-order valence-corrected chi connectivity index (χ3v) is 4.79. The second-order valence-electron chi connectivity index (χ2n) is 5.89. The molecule has 1 fully saturated rings. The maximum absolute atomic E-state index is 12.1. The number of rotatable bonds is 8. The van der Waals surface area contributed by atoms with Crippen LogP contribution >= 0.6 is 11.3 Å². The van der Waals surface area contributed by atoms with E-state index in [0.717, 1.165) is 22.6 Å². The van der Waals surface area contributed by atoms with Crippen LogP contribution in [-0.2, 0) is 9.59 Å². The van der Waals surface area contributed by atoms with Crippen molar-refractivity contribution < 1.29 is 19.5 Å². The van der Waals surface area contributed by atoms with E-state index in [4.69, 9.17) is 5.11 Å². The molecule has 1 atom stereocenters. The van der Waals surface area contributed by atoms with Crippen molar-refractivity contribution in [2.75, 3.05) is 0 Å². The molecule has 1 unspecified atom stereocenters. The SMILES string of the molecule is Cc1cc(C(=O)CCC(=O)NC(CC2CC2)C(=O)O)c(C)s1. The number of carbonyl (C=O) groups excluding carboxylic acids is 2. The van der Waals surface area contributed by atoms with Crippen molar-refractivity contribution >= 4 is 29.0 Å². The second kappa shape index (κ2) is 7.05. The van der Waals surface area contributed by atoms with Gasteiger partial charge in [0.25, 0.3) is 0 Å². The number of thiophene rings is 1. The Labute approximate surface area is 133 Å². The molecule has 0 aliphatic heterocycles. The smallest absolute Gasteiger partial charge is 0.326 e. The number of ketones is 1. The van der Waals surface area contributed by atoms with Crippen LogP contribution in [0.2, 0.25) is 0 Å². The summed E-state index contributed by atoms with van der Waals surface area (Å²) in [4.78, 5) is 37.1. The molecule has 1 aromatic rings. The Morgan fingerprint density at radius 2 is 2.00 bits per heavy atom. The molecule has 0 radical (unpaired) electrons. The average molecular weight is 323 g/mol. The molecule has 1 aliphatic rings. The summed E-state index contributed by atoms with van der Waals surface area (Å²) < 4.78 is 0. The number of nitrogens with one attached hydrogen (secondary N) is 1. The van der Waals surface area contributed by atoms with E-state index in [1.165, 1.54) is 0 Å². The molecule has 1 aromatic heterocycles. The van der Waals surface area contributed by atoms with Crippen LogP contribution in [0.1, 0.15) is 52.2 Å². The van der Waals surface area contributed by atoms with Gasteiger partial charge in [-0.3, -0.25) is 9.59 Å². The van der Waals surface area contributed by atoms with Crippen LogP contribution in [-0.4, -0.2) is 28.8 Å². The van der Waals surface area contributed by atoms with Gasteiger partial charge in [0.05, 0.1) is 0 Å². The number of aliphatic carboxylic acids is 1. The lowest BCUT2D eigenvalue weighted by Crippen LogP contribution is -2.41. The summed E-state index contributed by atoms with van der Waals surface area (Å²) in [5.41, 5.74) is 0.670. The van der Waals surface area contributed by atoms with Gasteiger partial charge in [-0.25, -0.2) is 4.79 Å². The topological polar surface area (TPSA) is 83.5 Å². The summed E-state index contributed by atoms with van der Waals surface area (Å²) in [6.07, 6.45) is 2.70. The Kier molecular flexibility index (Phi) is 5.34. The number of hydrogen-bond acceptors (Lipinski definition) is 4. The van der Waals surface area contributed by atoms with Crippen molar-refractivity contribution in [3.8, 4) is 0 Å². The maximum atomic E-state index is 12.1. The molecule has 0 bridgehead atoms. The predicted molar refractivity (Wildman–Crippen MR) is 84.3 cm³/mol. The van der Waals surface area contributed by atoms with E-state index in [0.29, 0.717) is 17.9 Å². The number of aryl methyl sites for hydroxylation is 2. The molecule has 1 amide bonds. The Balaban J connectivity index is 1.82. The largest absolute Gasteiger partial charge is 0.480 e. The molecule has 1 heterocycles. The van der Waals surface area contributed by atoms with Crippen molar-refractivity contribution in [3.63, 3.8) is 0 Å². The second-order valence-corrected chi connectivity index (χ2v) is 7.35. The normalized spacial score (nSPS) is 15.4. The molecular weight excluding hydrogens is 302 g/mol. The van der Waals surface area contributed by atoms with Gasteiger partial charge < -0.3 is 10.4 Å². The number of amides is 1. The molecule has 0 saturated heterocycles. The van der Waals surface area contributed by atoms with Gasteiger partial charge in [0.15, 0.2) is 5.78 Å². The number of carbonyl (C=O) groups is 3. The van der Waals surface area contributed by atoms with Crippen LogP contribution in [0, 0.1) is 19.8 Å². The number of carboxylic acid groups (broad SMARTS) is 1. The Bertz CT molecular complexity index is 589. The van der Waals surface area contributed by atoms with E-state index in [1.54, 1.807) is 11.3 Å². The fourth-order valence-electron chi connectivity index (χ4n) is 2.44. The van der Waals surface area contributed by atoms with Gasteiger partial charge in [-0.05, 0) is 32.3 Å². The summed E-state index contributed by atoms with van der Waals surface area (Å²) in [5, 5.41) is 11.6. The third kappa shape index (κ3) is 4.66. The molecule has 2 rings (SSSR count). The highest BCUT2D eigenvalue weighted by molar-refractivity contribution is 7.12. The minimum absolute atomic E-state index is 0.0294. The van der Waals surface area contributed by atoms with Gasteiger partial charge in [-0.1, -0.05) is 12.8 Å². The lowest BCUT2D eigenvalue weighted by atomic mass is 10.1. The number of Topliss-reactive ketones (excluding diaryl/α,β-unsaturated/α-hetero) is 1. The number of carboxylic acids is 1. The molecule has 5 nitrogen and oxygen atoms in total. The monoisotopic (exact) mass is 323 g/mol. The van der Waals surface area contributed by atoms with Crippen molar-refractivity contribution in [3.05, 3.63) is 21.4 Å². The van der Waals surface area contributed by atoms with Crippen LogP contribution in [0.25, 0.3) is 0 Å². The van der Waals surface area contributed by atoms with Crippen molar-refractivity contribution in [1.29, 1.82) is 0 Å². The highest BCUT2D eigenvalue weighted by atomic mass is 32.1. The van der Waals surface area contributed by atoms with Gasteiger partial charge in [0.2, 0.25) is 5.91 Å². The molecule has 6 heteroatoms. The molecule has 120 valence electrons. The molecule has 1 saturated carbocycles. The summed E-state index contributed by atoms with van der Waals surface area (Å²) in [6.45, 7) is 3.83. The predicted octanol–water partition coefficient (Wildman–Crippen LogP) is 2.70. The van der Waals surface area contributed by atoms with E-state index in [1.807, 2.05) is 19.9 Å². The zero-order valence-corrected chi connectivity index (χ0v) is 13.7. The van der Waals surface area contributed by atoms with Crippen LogP contribution in [0.5, 0.6) is 0 Å². The van der Waals surface area contributed by atoms with Crippen LogP contribution in [0.4, 0.5) is 0 Å². The Morgan fingerprint density at radius 3 is 2.50 bits per heavy atom. The molecule has 2 N–H and O–H groups in total. The lowest BCUT2D eigenvalue weighted by molar-refractivity contribution is -0.142. The third-order valence-electron chi connectivity index (χ3n) is 3.82. The standard InChI is InChI=1S/C16H21NO4S/c1-9-7-12(10(2)22-9)14(18)5-6-15(19)17-13(16(20)21)8-11-3-4-11/h7,11,13H,3-6,8H2,1-2H3,(H,17,19)(H,20,21). The van der Waals surface area contributed by atoms with Gasteiger partial charge in [0.1, 0.15) is 6.04 Å². The Morgan fingerprint density at radius 1 is 1.32 bits per heavy atom.